The summed E-state index contributed by atoms with van der Waals surface area (Å²) in [7, 11) is 0. The SMILES string of the molecule is NC(=O)c1cccc2ccc[n+](Cc3ccccc3)c12. The average Bonchev–Trinajstić information content (AvgIpc) is 2.48. The molecule has 0 radical (unpaired) electrons. The molecule has 3 rings (SSSR count). The van der Waals surface area contributed by atoms with Crippen molar-refractivity contribution < 1.29 is 9.36 Å². The van der Waals surface area contributed by atoms with Crippen molar-refractivity contribution in [2.45, 2.75) is 6.54 Å². The molecule has 0 aliphatic carbocycles. The molecular weight excluding hydrogens is 248 g/mol. The van der Waals surface area contributed by atoms with E-state index in [1.807, 2.05) is 48.7 Å². The molecule has 3 aromatic rings. The number of para-hydroxylation sites is 1. The number of aromatic nitrogens is 1. The molecule has 0 saturated heterocycles. The highest BCUT2D eigenvalue weighted by Gasteiger charge is 2.16. The van der Waals surface area contributed by atoms with Gasteiger partial charge < -0.3 is 5.73 Å². The summed E-state index contributed by atoms with van der Waals surface area (Å²) in [6.07, 6.45) is 1.97. The minimum Gasteiger partial charge on any atom is -0.365 e. The van der Waals surface area contributed by atoms with Crippen LogP contribution in [0.5, 0.6) is 0 Å². The monoisotopic (exact) mass is 263 g/mol. The van der Waals surface area contributed by atoms with Crippen molar-refractivity contribution in [2.24, 2.45) is 5.73 Å². The van der Waals surface area contributed by atoms with E-state index < -0.39 is 5.91 Å². The lowest BCUT2D eigenvalue weighted by molar-refractivity contribution is -0.662. The van der Waals surface area contributed by atoms with Gasteiger partial charge in [-0.25, -0.2) is 0 Å². The van der Waals surface area contributed by atoms with Gasteiger partial charge in [-0.05, 0) is 18.2 Å². The van der Waals surface area contributed by atoms with Gasteiger partial charge in [0.05, 0.1) is 0 Å². The molecule has 1 amide bonds. The molecule has 3 nitrogen and oxygen atoms in total. The lowest BCUT2D eigenvalue weighted by Crippen LogP contribution is -2.36. The van der Waals surface area contributed by atoms with Gasteiger partial charge >= 0.3 is 0 Å². The highest BCUT2D eigenvalue weighted by Crippen LogP contribution is 2.15. The second kappa shape index (κ2) is 5.13. The van der Waals surface area contributed by atoms with Gasteiger partial charge in [-0.15, -0.1) is 0 Å². The fourth-order valence-corrected chi connectivity index (χ4v) is 2.45. The molecule has 2 aromatic carbocycles. The summed E-state index contributed by atoms with van der Waals surface area (Å²) in [5.74, 6) is -0.399. The number of carbonyl (C=O) groups excluding carboxylic acids is 1. The molecule has 0 saturated carbocycles. The molecule has 0 bridgehead atoms. The van der Waals surface area contributed by atoms with Crippen LogP contribution in [0.1, 0.15) is 15.9 Å². The molecule has 0 aliphatic heterocycles. The van der Waals surface area contributed by atoms with E-state index in [-0.39, 0.29) is 0 Å². The first-order valence-corrected chi connectivity index (χ1v) is 6.50. The summed E-state index contributed by atoms with van der Waals surface area (Å²) >= 11 is 0. The van der Waals surface area contributed by atoms with Gasteiger partial charge in [-0.3, -0.25) is 4.79 Å². The van der Waals surface area contributed by atoms with Crippen molar-refractivity contribution in [2.75, 3.05) is 0 Å². The Morgan fingerprint density at radius 1 is 0.950 bits per heavy atom. The number of fused-ring (bicyclic) bond motifs is 1. The molecule has 0 atom stereocenters. The molecular formula is C17H15N2O+. The molecule has 20 heavy (non-hydrogen) atoms. The predicted molar refractivity (Wildman–Crippen MR) is 78.2 cm³/mol. The van der Waals surface area contributed by atoms with E-state index in [0.717, 1.165) is 10.9 Å². The Kier molecular flexibility index (Phi) is 3.17. The van der Waals surface area contributed by atoms with Crippen LogP contribution in [0.2, 0.25) is 0 Å². The third kappa shape index (κ3) is 2.26. The van der Waals surface area contributed by atoms with E-state index in [1.165, 1.54) is 5.56 Å². The van der Waals surface area contributed by atoms with Crippen LogP contribution in [0.25, 0.3) is 10.9 Å². The normalized spacial score (nSPS) is 10.6. The van der Waals surface area contributed by atoms with Gasteiger partial charge in [0.15, 0.2) is 12.7 Å². The summed E-state index contributed by atoms with van der Waals surface area (Å²) in [6, 6.07) is 19.7. The summed E-state index contributed by atoms with van der Waals surface area (Å²) in [5.41, 5.74) is 8.11. The average molecular weight is 263 g/mol. The zero-order valence-electron chi connectivity index (χ0n) is 11.0. The molecule has 3 heteroatoms. The Hall–Kier alpha value is -2.68. The van der Waals surface area contributed by atoms with E-state index in [1.54, 1.807) is 6.07 Å². The molecule has 0 unspecified atom stereocenters. The van der Waals surface area contributed by atoms with Crippen molar-refractivity contribution in [3.05, 3.63) is 78.0 Å². The number of rotatable bonds is 3. The number of hydrogen-bond acceptors (Lipinski definition) is 1. The number of amides is 1. The Morgan fingerprint density at radius 3 is 2.45 bits per heavy atom. The number of primary amides is 1. The molecule has 98 valence electrons. The van der Waals surface area contributed by atoms with Crippen LogP contribution >= 0.6 is 0 Å². The van der Waals surface area contributed by atoms with E-state index in [9.17, 15) is 4.79 Å². The molecule has 2 N–H and O–H groups in total. The van der Waals surface area contributed by atoms with Crippen LogP contribution in [-0.2, 0) is 6.54 Å². The van der Waals surface area contributed by atoms with E-state index in [4.69, 9.17) is 5.73 Å². The fourth-order valence-electron chi connectivity index (χ4n) is 2.45. The summed E-state index contributed by atoms with van der Waals surface area (Å²) in [5, 5.41) is 1.01. The van der Waals surface area contributed by atoms with E-state index in [0.29, 0.717) is 12.1 Å². The smallest absolute Gasteiger partial charge is 0.255 e. The number of carbonyl (C=O) groups is 1. The predicted octanol–water partition coefficient (Wildman–Crippen LogP) is 2.27. The number of benzene rings is 2. The largest absolute Gasteiger partial charge is 0.365 e. The summed E-state index contributed by atoms with van der Waals surface area (Å²) in [6.45, 7) is 0.711. The Labute approximate surface area is 117 Å². The zero-order valence-corrected chi connectivity index (χ0v) is 11.0. The maximum atomic E-state index is 11.6. The summed E-state index contributed by atoms with van der Waals surface area (Å²) < 4.78 is 2.06. The van der Waals surface area contributed by atoms with E-state index >= 15 is 0 Å². The number of nitrogens with two attached hydrogens (primary N) is 1. The van der Waals surface area contributed by atoms with Crippen LogP contribution in [0.3, 0.4) is 0 Å². The van der Waals surface area contributed by atoms with Crippen molar-refractivity contribution >= 4 is 16.8 Å². The first-order valence-electron chi connectivity index (χ1n) is 6.50. The van der Waals surface area contributed by atoms with Gasteiger partial charge in [0.1, 0.15) is 5.56 Å². The lowest BCUT2D eigenvalue weighted by Gasteiger charge is -2.04. The first kappa shape index (κ1) is 12.4. The van der Waals surface area contributed by atoms with Gasteiger partial charge in [0.2, 0.25) is 5.52 Å². The fraction of sp³-hybridized carbons (Fsp3) is 0.0588. The third-order valence-electron chi connectivity index (χ3n) is 3.36. The van der Waals surface area contributed by atoms with Gasteiger partial charge in [-0.1, -0.05) is 36.4 Å². The minimum absolute atomic E-state index is 0.399. The van der Waals surface area contributed by atoms with Crippen molar-refractivity contribution in [1.82, 2.24) is 0 Å². The second-order valence-electron chi connectivity index (χ2n) is 4.73. The van der Waals surface area contributed by atoms with Crippen molar-refractivity contribution in [3.8, 4) is 0 Å². The first-order chi connectivity index (χ1) is 9.75. The van der Waals surface area contributed by atoms with Crippen LogP contribution in [0, 0.1) is 0 Å². The number of nitrogens with zero attached hydrogens (tertiary/aromatic N) is 1. The number of pyridine rings is 1. The lowest BCUT2D eigenvalue weighted by atomic mass is 10.1. The Bertz CT molecular complexity index is 761. The zero-order chi connectivity index (χ0) is 13.9. The van der Waals surface area contributed by atoms with Crippen LogP contribution in [-0.4, -0.2) is 5.91 Å². The van der Waals surface area contributed by atoms with E-state index in [2.05, 4.69) is 16.7 Å². The minimum atomic E-state index is -0.399. The highest BCUT2D eigenvalue weighted by atomic mass is 16.1. The molecule has 1 aromatic heterocycles. The van der Waals surface area contributed by atoms with Crippen LogP contribution in [0.15, 0.2) is 66.9 Å². The third-order valence-corrected chi connectivity index (χ3v) is 3.36. The maximum absolute atomic E-state index is 11.6. The van der Waals surface area contributed by atoms with Gasteiger partial charge in [-0.2, -0.15) is 4.57 Å². The maximum Gasteiger partial charge on any atom is 0.255 e. The van der Waals surface area contributed by atoms with Crippen molar-refractivity contribution in [3.63, 3.8) is 0 Å². The standard InChI is InChI=1S/C17H14N2O/c18-17(20)15-10-4-8-14-9-5-11-19(16(14)15)12-13-6-2-1-3-7-13/h1-11H,12H2,(H-,18,20)/p+1. The van der Waals surface area contributed by atoms with Crippen LogP contribution < -0.4 is 10.3 Å². The Balaban J connectivity index is 2.18. The molecule has 0 fully saturated rings. The second-order valence-corrected chi connectivity index (χ2v) is 4.73. The Morgan fingerprint density at radius 2 is 1.70 bits per heavy atom. The molecule has 1 heterocycles. The molecule has 0 aliphatic rings. The number of hydrogen-bond donors (Lipinski definition) is 1. The molecule has 0 spiro atoms. The van der Waals surface area contributed by atoms with Gasteiger partial charge in [0.25, 0.3) is 5.91 Å². The van der Waals surface area contributed by atoms with Gasteiger partial charge in [0, 0.05) is 17.0 Å². The summed E-state index contributed by atoms with van der Waals surface area (Å²) in [4.78, 5) is 11.6. The van der Waals surface area contributed by atoms with Crippen LogP contribution in [0.4, 0.5) is 0 Å². The topological polar surface area (TPSA) is 47.0 Å². The van der Waals surface area contributed by atoms with Crippen molar-refractivity contribution in [1.29, 1.82) is 0 Å². The quantitative estimate of drug-likeness (QED) is 0.724. The highest BCUT2D eigenvalue weighted by molar-refractivity contribution is 6.03.